The van der Waals surface area contributed by atoms with Crippen LogP contribution >= 0.6 is 0 Å². The number of ether oxygens (including phenoxy) is 1. The van der Waals surface area contributed by atoms with Crippen LogP contribution in [0.1, 0.15) is 27.2 Å². The molecule has 0 unspecified atom stereocenters. The summed E-state index contributed by atoms with van der Waals surface area (Å²) in [5, 5.41) is 0. The van der Waals surface area contributed by atoms with Gasteiger partial charge in [-0.15, -0.1) is 0 Å². The van der Waals surface area contributed by atoms with E-state index in [1.165, 1.54) is 6.92 Å². The standard InChI is InChI=1S/C9H16F3NO2/c1-4-15-7(14)8(13,5-6(2)3)9(10,11)12/h6H,4-5,13H2,1-3H3/t8-/m0/s1. The lowest BCUT2D eigenvalue weighted by molar-refractivity contribution is -0.208. The molecule has 6 heteroatoms. The number of nitrogens with two attached hydrogens (primary N) is 1. The highest BCUT2D eigenvalue weighted by atomic mass is 19.4. The molecule has 0 aromatic heterocycles. The van der Waals surface area contributed by atoms with Crippen molar-refractivity contribution in [2.24, 2.45) is 11.7 Å². The molecule has 15 heavy (non-hydrogen) atoms. The van der Waals surface area contributed by atoms with E-state index in [4.69, 9.17) is 5.73 Å². The molecule has 2 N–H and O–H groups in total. The lowest BCUT2D eigenvalue weighted by atomic mass is 9.89. The Balaban J connectivity index is 4.94. The van der Waals surface area contributed by atoms with Crippen LogP contribution in [0.5, 0.6) is 0 Å². The maximum atomic E-state index is 12.6. The van der Waals surface area contributed by atoms with Gasteiger partial charge in [-0.2, -0.15) is 13.2 Å². The van der Waals surface area contributed by atoms with Crippen LogP contribution in [0, 0.1) is 5.92 Å². The summed E-state index contributed by atoms with van der Waals surface area (Å²) in [6.07, 6.45) is -5.27. The summed E-state index contributed by atoms with van der Waals surface area (Å²) < 4.78 is 42.2. The van der Waals surface area contributed by atoms with E-state index in [0.717, 1.165) is 0 Å². The van der Waals surface area contributed by atoms with Gasteiger partial charge in [0.15, 0.2) is 0 Å². The molecule has 0 saturated carbocycles. The molecule has 0 heterocycles. The lowest BCUT2D eigenvalue weighted by Crippen LogP contribution is -2.60. The fourth-order valence-electron chi connectivity index (χ4n) is 1.22. The van der Waals surface area contributed by atoms with Crippen molar-refractivity contribution in [3.05, 3.63) is 0 Å². The molecule has 1 atom stereocenters. The lowest BCUT2D eigenvalue weighted by Gasteiger charge is -2.30. The first-order valence-electron chi connectivity index (χ1n) is 4.68. The van der Waals surface area contributed by atoms with Crippen molar-refractivity contribution in [3.63, 3.8) is 0 Å². The van der Waals surface area contributed by atoms with Gasteiger partial charge < -0.3 is 10.5 Å². The summed E-state index contributed by atoms with van der Waals surface area (Å²) in [6.45, 7) is 4.44. The van der Waals surface area contributed by atoms with Crippen LogP contribution < -0.4 is 5.73 Å². The highest BCUT2D eigenvalue weighted by Crippen LogP contribution is 2.34. The zero-order valence-corrected chi connectivity index (χ0v) is 9.02. The molecule has 0 amide bonds. The van der Waals surface area contributed by atoms with Crippen LogP contribution in [0.4, 0.5) is 13.2 Å². The van der Waals surface area contributed by atoms with E-state index in [2.05, 4.69) is 4.74 Å². The number of halogens is 3. The number of rotatable bonds is 4. The van der Waals surface area contributed by atoms with Crippen molar-refractivity contribution >= 4 is 5.97 Å². The van der Waals surface area contributed by atoms with Crippen LogP contribution in [-0.2, 0) is 9.53 Å². The van der Waals surface area contributed by atoms with Gasteiger partial charge in [0.1, 0.15) is 0 Å². The van der Waals surface area contributed by atoms with Gasteiger partial charge in [-0.3, -0.25) is 0 Å². The van der Waals surface area contributed by atoms with Crippen molar-refractivity contribution in [3.8, 4) is 0 Å². The summed E-state index contributed by atoms with van der Waals surface area (Å²) in [5.74, 6) is -1.76. The molecule has 0 aromatic carbocycles. The average Bonchev–Trinajstić information content (AvgIpc) is 2.01. The minimum atomic E-state index is -4.79. The van der Waals surface area contributed by atoms with E-state index in [1.54, 1.807) is 13.8 Å². The van der Waals surface area contributed by atoms with E-state index in [1.807, 2.05) is 0 Å². The monoisotopic (exact) mass is 227 g/mol. The van der Waals surface area contributed by atoms with Gasteiger partial charge in [0, 0.05) is 0 Å². The van der Waals surface area contributed by atoms with E-state index >= 15 is 0 Å². The first kappa shape index (κ1) is 14.2. The van der Waals surface area contributed by atoms with Gasteiger partial charge in [0.25, 0.3) is 0 Å². The number of alkyl halides is 3. The van der Waals surface area contributed by atoms with Crippen LogP contribution in [0.25, 0.3) is 0 Å². The number of hydrogen-bond acceptors (Lipinski definition) is 3. The van der Waals surface area contributed by atoms with E-state index < -0.39 is 24.1 Å². The molecule has 0 radical (unpaired) electrons. The van der Waals surface area contributed by atoms with Gasteiger partial charge in [-0.25, -0.2) is 4.79 Å². The molecule has 0 rings (SSSR count). The molecule has 0 aliphatic heterocycles. The maximum absolute atomic E-state index is 12.6. The molecule has 0 aliphatic carbocycles. The Kier molecular flexibility index (Phi) is 4.58. The Labute approximate surface area is 86.8 Å². The van der Waals surface area contributed by atoms with Crippen LogP contribution in [0.2, 0.25) is 0 Å². The van der Waals surface area contributed by atoms with Gasteiger partial charge in [0.05, 0.1) is 6.61 Å². The molecular formula is C9H16F3NO2. The van der Waals surface area contributed by atoms with Crippen molar-refractivity contribution < 1.29 is 22.7 Å². The number of esters is 1. The molecule has 3 nitrogen and oxygen atoms in total. The minimum Gasteiger partial charge on any atom is -0.464 e. The summed E-state index contributed by atoms with van der Waals surface area (Å²) in [7, 11) is 0. The van der Waals surface area contributed by atoms with Gasteiger partial charge >= 0.3 is 12.1 Å². The first-order valence-corrected chi connectivity index (χ1v) is 4.68. The van der Waals surface area contributed by atoms with Gasteiger partial charge in [-0.05, 0) is 19.3 Å². The van der Waals surface area contributed by atoms with E-state index in [-0.39, 0.29) is 12.5 Å². The predicted octanol–water partition coefficient (Wildman–Crippen LogP) is 1.86. The Morgan fingerprint density at radius 1 is 1.40 bits per heavy atom. The summed E-state index contributed by atoms with van der Waals surface area (Å²) >= 11 is 0. The topological polar surface area (TPSA) is 52.3 Å². The highest BCUT2D eigenvalue weighted by molar-refractivity contribution is 5.81. The van der Waals surface area contributed by atoms with Crippen LogP contribution in [-0.4, -0.2) is 24.3 Å². The summed E-state index contributed by atoms with van der Waals surface area (Å²) in [6, 6.07) is 0. The third-order valence-electron chi connectivity index (χ3n) is 1.88. The fourth-order valence-corrected chi connectivity index (χ4v) is 1.22. The number of carbonyl (C=O) groups excluding carboxylic acids is 1. The van der Waals surface area contributed by atoms with Crippen molar-refractivity contribution in [1.82, 2.24) is 0 Å². The third kappa shape index (κ3) is 3.37. The number of carbonyl (C=O) groups is 1. The molecule has 0 spiro atoms. The van der Waals surface area contributed by atoms with Crippen molar-refractivity contribution in [1.29, 1.82) is 0 Å². The number of hydrogen-bond donors (Lipinski definition) is 1. The van der Waals surface area contributed by atoms with Crippen LogP contribution in [0.3, 0.4) is 0 Å². The second-order valence-corrected chi connectivity index (χ2v) is 3.79. The van der Waals surface area contributed by atoms with Crippen LogP contribution in [0.15, 0.2) is 0 Å². The Morgan fingerprint density at radius 3 is 2.13 bits per heavy atom. The molecular weight excluding hydrogens is 211 g/mol. The molecule has 0 fully saturated rings. The second kappa shape index (κ2) is 4.83. The quantitative estimate of drug-likeness (QED) is 0.746. The molecule has 0 aromatic rings. The molecule has 0 saturated heterocycles. The Bertz CT molecular complexity index is 228. The smallest absolute Gasteiger partial charge is 0.417 e. The van der Waals surface area contributed by atoms with Crippen molar-refractivity contribution in [2.45, 2.75) is 38.9 Å². The molecule has 0 aliphatic rings. The van der Waals surface area contributed by atoms with E-state index in [0.29, 0.717) is 0 Å². The highest BCUT2D eigenvalue weighted by Gasteiger charge is 2.58. The summed E-state index contributed by atoms with van der Waals surface area (Å²) in [5.41, 5.74) is 2.21. The third-order valence-corrected chi connectivity index (χ3v) is 1.88. The predicted molar refractivity (Wildman–Crippen MR) is 49.1 cm³/mol. The fraction of sp³-hybridized carbons (Fsp3) is 0.889. The summed E-state index contributed by atoms with van der Waals surface area (Å²) in [4.78, 5) is 11.2. The van der Waals surface area contributed by atoms with E-state index in [9.17, 15) is 18.0 Å². The zero-order chi connectivity index (χ0) is 12.3. The normalized spacial score (nSPS) is 16.3. The SMILES string of the molecule is CCOC(=O)[C@@](N)(CC(C)C)C(F)(F)F. The minimum absolute atomic E-state index is 0.119. The largest absolute Gasteiger partial charge is 0.464 e. The Morgan fingerprint density at radius 2 is 1.87 bits per heavy atom. The first-order chi connectivity index (χ1) is 6.65. The molecule has 0 bridgehead atoms. The van der Waals surface area contributed by atoms with Crippen molar-refractivity contribution in [2.75, 3.05) is 6.61 Å². The zero-order valence-electron chi connectivity index (χ0n) is 9.02. The van der Waals surface area contributed by atoms with Gasteiger partial charge in [-0.1, -0.05) is 13.8 Å². The molecule has 90 valence electrons. The average molecular weight is 227 g/mol. The maximum Gasteiger partial charge on any atom is 0.417 e. The Hall–Kier alpha value is -0.780. The second-order valence-electron chi connectivity index (χ2n) is 3.79. The van der Waals surface area contributed by atoms with Gasteiger partial charge in [0.2, 0.25) is 5.54 Å².